The van der Waals surface area contributed by atoms with Crippen molar-refractivity contribution >= 4 is 0 Å². The van der Waals surface area contributed by atoms with Gasteiger partial charge in [0.2, 0.25) is 17.5 Å². The molecule has 0 saturated carbocycles. The Balaban J connectivity index is 0.000000856. The summed E-state index contributed by atoms with van der Waals surface area (Å²) in [6, 6.07) is 21.6. The second kappa shape index (κ2) is 16.7. The molecule has 3 aromatic carbocycles. The van der Waals surface area contributed by atoms with Gasteiger partial charge in [0, 0.05) is 43.9 Å². The predicted molar refractivity (Wildman–Crippen MR) is 182 cm³/mol. The summed E-state index contributed by atoms with van der Waals surface area (Å²) < 4.78 is 73.2. The Hall–Kier alpha value is -6.20. The molecule has 1 aliphatic rings. The molecule has 1 fully saturated rings. The van der Waals surface area contributed by atoms with Crippen molar-refractivity contribution in [1.29, 1.82) is 5.26 Å². The van der Waals surface area contributed by atoms with E-state index in [-0.39, 0.29) is 65.1 Å². The molecule has 0 radical (unpaired) electrons. The van der Waals surface area contributed by atoms with E-state index < -0.39 is 17.5 Å². The summed E-state index contributed by atoms with van der Waals surface area (Å²) >= 11 is 0. The quantitative estimate of drug-likeness (QED) is 0.134. The van der Waals surface area contributed by atoms with E-state index in [9.17, 15) is 4.39 Å². The summed E-state index contributed by atoms with van der Waals surface area (Å²) in [7, 11) is 3.27. The monoisotopic (exact) mass is 710 g/mol. The molecule has 7 rings (SSSR count). The maximum Gasteiger partial charge on any atom is 0.255 e. The lowest BCUT2D eigenvalue weighted by atomic mass is 10.0. The van der Waals surface area contributed by atoms with Crippen molar-refractivity contribution in [3.05, 3.63) is 124 Å². The van der Waals surface area contributed by atoms with Gasteiger partial charge in [0.1, 0.15) is 42.2 Å². The van der Waals surface area contributed by atoms with E-state index in [0.717, 1.165) is 42.7 Å². The second-order valence-electron chi connectivity index (χ2n) is 11.7. The number of hydrogen-bond acceptors (Lipinski definition) is 10. The van der Waals surface area contributed by atoms with E-state index >= 15 is 8.78 Å². The largest absolute Gasteiger partial charge is 0.497 e. The van der Waals surface area contributed by atoms with Crippen LogP contribution in [-0.2, 0) is 31.4 Å². The Bertz CT molecular complexity index is 2170. The van der Waals surface area contributed by atoms with Gasteiger partial charge < -0.3 is 28.0 Å². The Morgan fingerprint density at radius 3 is 2.31 bits per heavy atom. The topological polar surface area (TPSA) is 130 Å². The van der Waals surface area contributed by atoms with Crippen molar-refractivity contribution < 1.29 is 36.6 Å². The van der Waals surface area contributed by atoms with Crippen LogP contribution in [0.3, 0.4) is 0 Å². The number of nitriles is 1. The van der Waals surface area contributed by atoms with Gasteiger partial charge in [-0.25, -0.2) is 18.2 Å². The molecule has 266 valence electrons. The molecule has 14 heteroatoms. The van der Waals surface area contributed by atoms with Crippen molar-refractivity contribution in [2.24, 2.45) is 7.05 Å². The van der Waals surface area contributed by atoms with Crippen LogP contribution in [0.4, 0.5) is 13.2 Å². The fraction of sp³-hybridized carbons (Fsp3) is 0.237. The second-order valence-corrected chi connectivity index (χ2v) is 11.7. The number of halogens is 3. The molecule has 3 aromatic heterocycles. The summed E-state index contributed by atoms with van der Waals surface area (Å²) in [5, 5.41) is 21.1. The van der Waals surface area contributed by atoms with Gasteiger partial charge in [0.25, 0.3) is 5.88 Å². The maximum absolute atomic E-state index is 15.3. The third-order valence-electron chi connectivity index (χ3n) is 8.09. The highest BCUT2D eigenvalue weighted by Gasteiger charge is 2.20. The third kappa shape index (κ3) is 8.74. The highest BCUT2D eigenvalue weighted by atomic mass is 19.1. The molecule has 0 amide bonds. The summed E-state index contributed by atoms with van der Waals surface area (Å²) in [6.45, 7) is 2.09. The van der Waals surface area contributed by atoms with Gasteiger partial charge >= 0.3 is 0 Å². The van der Waals surface area contributed by atoms with Crippen LogP contribution in [0.5, 0.6) is 17.5 Å². The fourth-order valence-electron chi connectivity index (χ4n) is 5.17. The van der Waals surface area contributed by atoms with Crippen LogP contribution in [0, 0.1) is 28.8 Å². The highest BCUT2D eigenvalue weighted by Crippen LogP contribution is 2.28. The average Bonchev–Trinajstić information content (AvgIpc) is 3.97. The van der Waals surface area contributed by atoms with Crippen molar-refractivity contribution in [3.8, 4) is 46.4 Å². The SMILES string of the molecule is C1CCOC1.COc1ccc(COc2cc(-c3nnc(Cc4cc(F)c(-c5cccc(OCc6ccc(C#N)cc6F)n5)cc4F)n3C)on2)cc1. The summed E-state index contributed by atoms with van der Waals surface area (Å²) in [6.07, 6.45) is 2.49. The molecule has 0 aliphatic carbocycles. The van der Waals surface area contributed by atoms with Gasteiger partial charge in [-0.05, 0) is 71.6 Å². The van der Waals surface area contributed by atoms with Crippen LogP contribution >= 0.6 is 0 Å². The Kier molecular flexibility index (Phi) is 11.4. The third-order valence-corrected chi connectivity index (χ3v) is 8.09. The zero-order valence-corrected chi connectivity index (χ0v) is 28.3. The minimum atomic E-state index is -0.708. The van der Waals surface area contributed by atoms with Crippen molar-refractivity contribution in [2.75, 3.05) is 20.3 Å². The number of benzene rings is 3. The first-order valence-electron chi connectivity index (χ1n) is 16.3. The molecular formula is C38H33F3N6O5. The number of nitrogens with zero attached hydrogens (tertiary/aromatic N) is 6. The zero-order chi connectivity index (χ0) is 36.5. The Labute approximate surface area is 297 Å². The van der Waals surface area contributed by atoms with Crippen molar-refractivity contribution in [2.45, 2.75) is 32.5 Å². The lowest BCUT2D eigenvalue weighted by Crippen LogP contribution is -2.04. The molecule has 0 atom stereocenters. The van der Waals surface area contributed by atoms with Crippen LogP contribution in [0.2, 0.25) is 0 Å². The molecule has 52 heavy (non-hydrogen) atoms. The van der Waals surface area contributed by atoms with E-state index in [1.165, 1.54) is 37.1 Å². The number of pyridine rings is 1. The Morgan fingerprint density at radius 2 is 1.60 bits per heavy atom. The molecule has 0 bridgehead atoms. The number of aromatic nitrogens is 5. The molecule has 1 saturated heterocycles. The van der Waals surface area contributed by atoms with E-state index in [1.807, 2.05) is 30.3 Å². The number of methoxy groups -OCH3 is 1. The average molecular weight is 711 g/mol. The molecule has 4 heterocycles. The molecule has 0 spiro atoms. The van der Waals surface area contributed by atoms with Crippen LogP contribution < -0.4 is 14.2 Å². The maximum atomic E-state index is 15.3. The van der Waals surface area contributed by atoms with E-state index in [4.69, 9.17) is 28.7 Å². The highest BCUT2D eigenvalue weighted by molar-refractivity contribution is 5.61. The lowest BCUT2D eigenvalue weighted by molar-refractivity contribution is 0.198. The molecule has 11 nitrogen and oxygen atoms in total. The lowest BCUT2D eigenvalue weighted by Gasteiger charge is -2.10. The summed E-state index contributed by atoms with van der Waals surface area (Å²) in [5.74, 6) is 0.0505. The molecular weight excluding hydrogens is 677 g/mol. The van der Waals surface area contributed by atoms with E-state index in [1.54, 1.807) is 30.9 Å². The summed E-state index contributed by atoms with van der Waals surface area (Å²) in [5.41, 5.74) is 1.41. The van der Waals surface area contributed by atoms with E-state index in [0.29, 0.717) is 11.6 Å². The molecule has 0 N–H and O–H groups in total. The standard InChI is InChI=1S/C34H25F3N6O4.C4H8O/c1-43-31(40-41-34(43)30-16-33(42-47-30)45-18-20-7-10-24(44-2)11-8-20)14-23-13-28(37)25(15-27(23)36)29-4-3-5-32(39-29)46-19-22-9-6-21(17-38)12-26(22)35;1-2-4-5-3-1/h3-13,15-16H,14,18-19H2,1-2H3;1-4H2. The van der Waals surface area contributed by atoms with Crippen LogP contribution in [0.1, 0.15) is 40.9 Å². The number of rotatable bonds is 11. The molecule has 1 aliphatic heterocycles. The predicted octanol–water partition coefficient (Wildman–Crippen LogP) is 7.38. The van der Waals surface area contributed by atoms with Crippen LogP contribution in [0.15, 0.2) is 83.4 Å². The first-order valence-corrected chi connectivity index (χ1v) is 16.3. The van der Waals surface area contributed by atoms with Gasteiger partial charge in [-0.1, -0.05) is 24.3 Å². The van der Waals surface area contributed by atoms with Crippen LogP contribution in [0.25, 0.3) is 22.8 Å². The Morgan fingerprint density at radius 1 is 0.827 bits per heavy atom. The van der Waals surface area contributed by atoms with Crippen molar-refractivity contribution in [3.63, 3.8) is 0 Å². The van der Waals surface area contributed by atoms with Crippen molar-refractivity contribution in [1.82, 2.24) is 24.9 Å². The van der Waals surface area contributed by atoms with Gasteiger partial charge in [-0.15, -0.1) is 10.2 Å². The number of hydrogen-bond donors (Lipinski definition) is 0. The minimum Gasteiger partial charge on any atom is -0.497 e. The first-order chi connectivity index (χ1) is 25.3. The minimum absolute atomic E-state index is 0.0538. The molecule has 0 unspecified atom stereocenters. The zero-order valence-electron chi connectivity index (χ0n) is 28.3. The van der Waals surface area contributed by atoms with Crippen LogP contribution in [-0.4, -0.2) is 45.2 Å². The smallest absolute Gasteiger partial charge is 0.255 e. The molecule has 6 aromatic rings. The van der Waals surface area contributed by atoms with Gasteiger partial charge in [0.05, 0.1) is 30.5 Å². The first kappa shape index (κ1) is 35.6. The number of ether oxygens (including phenoxy) is 4. The fourth-order valence-corrected chi connectivity index (χ4v) is 5.17. The van der Waals surface area contributed by atoms with Gasteiger partial charge in [-0.3, -0.25) is 0 Å². The van der Waals surface area contributed by atoms with E-state index in [2.05, 4.69) is 20.3 Å². The summed E-state index contributed by atoms with van der Waals surface area (Å²) in [4.78, 5) is 4.27. The normalized spacial score (nSPS) is 12.2. The van der Waals surface area contributed by atoms with Gasteiger partial charge in [0.15, 0.2) is 0 Å². The van der Waals surface area contributed by atoms with Gasteiger partial charge in [-0.2, -0.15) is 5.26 Å².